The zero-order chi connectivity index (χ0) is 41.6. The molecule has 14 nitrogen and oxygen atoms in total. The Labute approximate surface area is 350 Å². The number of hydrogen-bond acceptors (Lipinski definition) is 14. The Balaban J connectivity index is 0.00000528. The van der Waals surface area contributed by atoms with Gasteiger partial charge in [-0.25, -0.2) is 0 Å². The number of rotatable bonds is 8. The molecular weight excluding hydrogens is 762 g/mol. The molecule has 59 heavy (non-hydrogen) atoms. The quantitative estimate of drug-likeness (QED) is 0.148. The van der Waals surface area contributed by atoms with E-state index in [4.69, 9.17) is 33.2 Å². The Hall–Kier alpha value is -1.27. The Morgan fingerprint density at radius 1 is 0.864 bits per heavy atom. The third-order valence-electron chi connectivity index (χ3n) is 17.2. The summed E-state index contributed by atoms with van der Waals surface area (Å²) in [6, 6.07) is 0. The smallest absolute Gasteiger partial charge is 0.309 e. The van der Waals surface area contributed by atoms with Gasteiger partial charge in [-0.3, -0.25) is 4.79 Å². The number of aliphatic hydroxyl groups is 5. The molecule has 4 aliphatic carbocycles. The number of aliphatic hydroxyl groups excluding tert-OH is 5. The average Bonchev–Trinajstić information content (AvgIpc) is 3.64. The molecule has 338 valence electrons. The highest BCUT2D eigenvalue weighted by Crippen LogP contribution is 2.70. The molecule has 22 atom stereocenters. The lowest BCUT2D eigenvalue weighted by Gasteiger charge is -2.58. The maximum atomic E-state index is 12.8. The zero-order valence-electron chi connectivity index (χ0n) is 36.6. The highest BCUT2D eigenvalue weighted by atomic mass is 16.8. The first-order valence-electron chi connectivity index (χ1n) is 22.6. The van der Waals surface area contributed by atoms with Crippen LogP contribution in [0.3, 0.4) is 0 Å². The van der Waals surface area contributed by atoms with Crippen molar-refractivity contribution in [1.29, 1.82) is 0 Å². The van der Waals surface area contributed by atoms with E-state index in [-0.39, 0.29) is 47.6 Å². The fourth-order valence-corrected chi connectivity index (χ4v) is 13.1. The topological polar surface area (TPSA) is 218 Å². The van der Waals surface area contributed by atoms with Crippen LogP contribution in [0.25, 0.3) is 0 Å². The van der Waals surface area contributed by atoms with Gasteiger partial charge in [0.2, 0.25) is 0 Å². The second-order valence-electron chi connectivity index (χ2n) is 20.7. The van der Waals surface area contributed by atoms with Crippen LogP contribution >= 0.6 is 0 Å². The summed E-state index contributed by atoms with van der Waals surface area (Å²) >= 11 is 0. The van der Waals surface area contributed by atoms with Crippen LogP contribution in [0.1, 0.15) is 113 Å². The summed E-state index contributed by atoms with van der Waals surface area (Å²) in [6.45, 7) is 17.3. The minimum Gasteiger partial charge on any atom is -0.463 e. The molecule has 0 aromatic rings. The van der Waals surface area contributed by atoms with Gasteiger partial charge in [0.25, 0.3) is 0 Å². The van der Waals surface area contributed by atoms with Crippen LogP contribution in [-0.2, 0) is 38.0 Å². The Morgan fingerprint density at radius 3 is 2.31 bits per heavy atom. The largest absolute Gasteiger partial charge is 0.463 e. The van der Waals surface area contributed by atoms with E-state index in [1.54, 1.807) is 6.92 Å². The molecule has 0 amide bonds. The van der Waals surface area contributed by atoms with Crippen molar-refractivity contribution in [3.8, 4) is 0 Å². The molecule has 7 fully saturated rings. The number of allylic oxidation sites excluding steroid dienone is 1. The highest BCUT2D eigenvalue weighted by Gasteiger charge is 2.69. The molecule has 0 radical (unpaired) electrons. The van der Waals surface area contributed by atoms with E-state index in [0.29, 0.717) is 41.9 Å². The predicted molar refractivity (Wildman–Crippen MR) is 214 cm³/mol. The maximum Gasteiger partial charge on any atom is 0.309 e. The third-order valence-corrected chi connectivity index (χ3v) is 17.2. The first kappa shape index (κ1) is 45.7. The van der Waals surface area contributed by atoms with Gasteiger partial charge in [0.05, 0.1) is 30.8 Å². The SMILES string of the molecule is CC(C)[C@H](C)C(=O)OCC1O[C@@H](O[C@H]2CC[C@@]3(C)C(=CC[C@H]4[C@@H]5C[C@@H]6O[C@]7(CC[C@@H](C)CO7)[C@@H](C)[C@@H]6[C@@]5(C)CC[C@@H]43)C2)C(O[C@@H]2OC(C)[C@H](O)[C@H](O)C2O)[C@@H](O)[C@@H]1O.N. The van der Waals surface area contributed by atoms with Crippen molar-refractivity contribution in [2.24, 2.45) is 58.2 Å². The summed E-state index contributed by atoms with van der Waals surface area (Å²) in [5.74, 6) is 2.04. The van der Waals surface area contributed by atoms with Gasteiger partial charge in [-0.05, 0) is 105 Å². The zero-order valence-corrected chi connectivity index (χ0v) is 36.6. The van der Waals surface area contributed by atoms with Crippen LogP contribution in [0.5, 0.6) is 0 Å². The van der Waals surface area contributed by atoms with Gasteiger partial charge in [-0.2, -0.15) is 0 Å². The molecule has 0 aromatic heterocycles. The van der Waals surface area contributed by atoms with E-state index in [0.717, 1.165) is 45.1 Å². The number of carbonyl (C=O) groups excluding carboxylic acids is 1. The summed E-state index contributed by atoms with van der Waals surface area (Å²) < 4.78 is 43.9. The number of ether oxygens (including phenoxy) is 7. The molecule has 4 unspecified atom stereocenters. The fourth-order valence-electron chi connectivity index (χ4n) is 13.1. The predicted octanol–water partition coefficient (Wildman–Crippen LogP) is 4.39. The Bertz CT molecular complexity index is 1520. The van der Waals surface area contributed by atoms with Crippen molar-refractivity contribution in [2.45, 2.75) is 193 Å². The number of hydrogen-bond donors (Lipinski definition) is 6. The minimum atomic E-state index is -1.64. The van der Waals surface area contributed by atoms with Gasteiger partial charge in [-0.15, -0.1) is 0 Å². The van der Waals surface area contributed by atoms with Crippen LogP contribution in [0.4, 0.5) is 0 Å². The molecule has 0 aromatic carbocycles. The lowest BCUT2D eigenvalue weighted by Crippen LogP contribution is -2.64. The molecule has 0 bridgehead atoms. The van der Waals surface area contributed by atoms with Crippen molar-refractivity contribution < 1.29 is 63.5 Å². The van der Waals surface area contributed by atoms with Crippen LogP contribution in [0.15, 0.2) is 11.6 Å². The molecule has 14 heteroatoms. The third kappa shape index (κ3) is 7.79. The van der Waals surface area contributed by atoms with E-state index >= 15 is 0 Å². The summed E-state index contributed by atoms with van der Waals surface area (Å²) in [4.78, 5) is 12.8. The Kier molecular flexibility index (Phi) is 13.2. The van der Waals surface area contributed by atoms with Crippen LogP contribution < -0.4 is 6.15 Å². The van der Waals surface area contributed by atoms with Crippen molar-refractivity contribution >= 4 is 5.97 Å². The molecule has 4 saturated heterocycles. The summed E-state index contributed by atoms with van der Waals surface area (Å²) in [6.07, 6.45) is -2.26. The lowest BCUT2D eigenvalue weighted by atomic mass is 9.47. The number of carbonyl (C=O) groups is 1. The van der Waals surface area contributed by atoms with Gasteiger partial charge in [0, 0.05) is 12.3 Å². The van der Waals surface area contributed by atoms with Gasteiger partial charge < -0.3 is 64.8 Å². The van der Waals surface area contributed by atoms with Gasteiger partial charge >= 0.3 is 5.97 Å². The van der Waals surface area contributed by atoms with E-state index in [2.05, 4.69) is 33.8 Å². The molecule has 4 heterocycles. The van der Waals surface area contributed by atoms with Gasteiger partial charge in [-0.1, -0.05) is 60.1 Å². The van der Waals surface area contributed by atoms with Crippen molar-refractivity contribution in [3.05, 3.63) is 11.6 Å². The molecule has 8 aliphatic rings. The summed E-state index contributed by atoms with van der Waals surface area (Å²) in [5, 5.41) is 54.3. The van der Waals surface area contributed by atoms with E-state index in [1.807, 2.05) is 13.8 Å². The van der Waals surface area contributed by atoms with Gasteiger partial charge in [0.15, 0.2) is 18.4 Å². The lowest BCUT2D eigenvalue weighted by molar-refractivity contribution is -0.370. The fraction of sp³-hybridized carbons (Fsp3) is 0.933. The van der Waals surface area contributed by atoms with Crippen molar-refractivity contribution in [2.75, 3.05) is 13.2 Å². The normalized spacial score (nSPS) is 52.4. The van der Waals surface area contributed by atoms with Crippen LogP contribution in [0, 0.1) is 58.2 Å². The molecule has 8 N–H and O–H groups in total. The highest BCUT2D eigenvalue weighted by molar-refractivity contribution is 5.72. The molecule has 4 aliphatic heterocycles. The number of esters is 1. The van der Waals surface area contributed by atoms with E-state index < -0.39 is 73.2 Å². The van der Waals surface area contributed by atoms with Crippen molar-refractivity contribution in [3.63, 3.8) is 0 Å². The average molecular weight is 838 g/mol. The maximum absolute atomic E-state index is 12.8. The molecule has 3 saturated carbocycles. The van der Waals surface area contributed by atoms with E-state index in [9.17, 15) is 30.3 Å². The molecule has 8 rings (SSSR count). The number of fused-ring (bicyclic) bond motifs is 7. The van der Waals surface area contributed by atoms with Gasteiger partial charge in [0.1, 0.15) is 49.3 Å². The van der Waals surface area contributed by atoms with Crippen LogP contribution in [0.2, 0.25) is 0 Å². The Morgan fingerprint density at radius 2 is 1.61 bits per heavy atom. The second-order valence-corrected chi connectivity index (χ2v) is 20.7. The second kappa shape index (κ2) is 17.0. The first-order chi connectivity index (χ1) is 27.4. The van der Waals surface area contributed by atoms with E-state index in [1.165, 1.54) is 25.3 Å². The van der Waals surface area contributed by atoms with Crippen LogP contribution in [-0.4, -0.2) is 124 Å². The minimum absolute atomic E-state index is 0. The standard InChI is InChI=1S/C45H72O13.H3N/c1-21(2)23(4)40(51)52-20-32-35(47)37(49)39(57-41-38(50)36(48)34(46)25(6)54-41)42(56-32)55-27-12-14-43(7)26(17-27)9-10-28-29(43)13-15-44(8)30(28)18-31-33(44)24(5)45(58-31)16-11-22(3)19-53-45;/h9,21-25,27-39,41-42,46-50H,10-20H2,1-8H3;1H3/t22-,23+,24+,25?,27+,28-,29+,30+,31+,32?,33+,34+,35-,36+,37+,38?,39?,41+,42-,43+,44+,45-;/m1./s1. The van der Waals surface area contributed by atoms with Crippen molar-refractivity contribution in [1.82, 2.24) is 6.15 Å². The summed E-state index contributed by atoms with van der Waals surface area (Å²) in [5.41, 5.74) is 1.63. The monoisotopic (exact) mass is 838 g/mol. The first-order valence-corrected chi connectivity index (χ1v) is 22.6. The molecule has 1 spiro atoms. The molecular formula is C45H75NO13. The summed E-state index contributed by atoms with van der Waals surface area (Å²) in [7, 11) is 0.